The van der Waals surface area contributed by atoms with Crippen molar-refractivity contribution in [2.24, 2.45) is 0 Å². The van der Waals surface area contributed by atoms with Crippen LogP contribution in [0.5, 0.6) is 17.2 Å². The fraction of sp³-hybridized carbons (Fsp3) is 0.233. The van der Waals surface area contributed by atoms with E-state index < -0.39 is 11.7 Å². The number of benzene rings is 3. The van der Waals surface area contributed by atoms with E-state index in [4.69, 9.17) is 24.2 Å². The van der Waals surface area contributed by atoms with Gasteiger partial charge in [0.1, 0.15) is 5.75 Å². The smallest absolute Gasteiger partial charge is 0.416 e. The van der Waals surface area contributed by atoms with Gasteiger partial charge in [-0.1, -0.05) is 30.3 Å². The van der Waals surface area contributed by atoms with E-state index in [0.717, 1.165) is 35.4 Å². The number of rotatable bonds is 10. The number of halogens is 3. The van der Waals surface area contributed by atoms with Crippen molar-refractivity contribution in [2.45, 2.75) is 25.7 Å². The summed E-state index contributed by atoms with van der Waals surface area (Å²) in [5.74, 6) is 3.10. The lowest BCUT2D eigenvalue weighted by Gasteiger charge is -2.12. The molecule has 9 nitrogen and oxygen atoms in total. The molecule has 0 bridgehead atoms. The predicted octanol–water partition coefficient (Wildman–Crippen LogP) is 5.90. The highest BCUT2D eigenvalue weighted by Gasteiger charge is 2.30. The first-order valence-corrected chi connectivity index (χ1v) is 13.2. The van der Waals surface area contributed by atoms with Crippen LogP contribution in [0, 0.1) is 0 Å². The van der Waals surface area contributed by atoms with Crippen molar-refractivity contribution in [3.8, 4) is 17.2 Å². The number of nitrogens with one attached hydrogen (secondary N) is 2. The lowest BCUT2D eigenvalue weighted by molar-refractivity contribution is -0.137. The minimum Gasteiger partial charge on any atom is -0.497 e. The highest BCUT2D eigenvalue weighted by atomic mass is 19.4. The third kappa shape index (κ3) is 6.02. The quantitative estimate of drug-likeness (QED) is 0.212. The van der Waals surface area contributed by atoms with Gasteiger partial charge in [-0.2, -0.15) is 23.1 Å². The molecule has 5 aromatic rings. The summed E-state index contributed by atoms with van der Waals surface area (Å²) < 4.78 is 57.0. The summed E-state index contributed by atoms with van der Waals surface area (Å²) >= 11 is 0. The highest BCUT2D eigenvalue weighted by molar-refractivity contribution is 5.84. The van der Waals surface area contributed by atoms with E-state index in [9.17, 15) is 13.2 Å². The molecule has 2 aromatic heterocycles. The number of nitrogens with zero attached hydrogens (tertiary/aromatic N) is 4. The average molecular weight is 577 g/mol. The maximum absolute atomic E-state index is 13.0. The first kappa shape index (κ1) is 27.2. The molecule has 1 aliphatic heterocycles. The van der Waals surface area contributed by atoms with Crippen LogP contribution in [0.4, 0.5) is 24.9 Å². The largest absolute Gasteiger partial charge is 0.497 e. The van der Waals surface area contributed by atoms with E-state index in [0.29, 0.717) is 59.6 Å². The molecule has 0 aliphatic carbocycles. The molecule has 2 N–H and O–H groups in total. The summed E-state index contributed by atoms with van der Waals surface area (Å²) in [6, 6.07) is 18.6. The molecule has 0 saturated heterocycles. The van der Waals surface area contributed by atoms with Crippen LogP contribution in [0.1, 0.15) is 22.3 Å². The summed E-state index contributed by atoms with van der Waals surface area (Å²) in [7, 11) is 1.63. The molecular weight excluding hydrogens is 549 g/mol. The third-order valence-corrected chi connectivity index (χ3v) is 6.85. The summed E-state index contributed by atoms with van der Waals surface area (Å²) in [6.07, 6.45) is -2.03. The van der Waals surface area contributed by atoms with Crippen molar-refractivity contribution < 1.29 is 27.4 Å². The molecular formula is C30H27F3N6O3. The Labute approximate surface area is 239 Å². The van der Waals surface area contributed by atoms with Crippen LogP contribution in [-0.4, -0.2) is 40.0 Å². The monoisotopic (exact) mass is 576 g/mol. The second-order valence-electron chi connectivity index (χ2n) is 9.70. The van der Waals surface area contributed by atoms with Gasteiger partial charge >= 0.3 is 6.18 Å². The van der Waals surface area contributed by atoms with Crippen LogP contribution in [0.3, 0.4) is 0 Å². The third-order valence-electron chi connectivity index (χ3n) is 6.85. The molecule has 6 rings (SSSR count). The van der Waals surface area contributed by atoms with E-state index >= 15 is 0 Å². The number of fused-ring (bicyclic) bond motifs is 2. The average Bonchev–Trinajstić information content (AvgIpc) is 3.63. The summed E-state index contributed by atoms with van der Waals surface area (Å²) in [4.78, 5) is 13.9. The predicted molar refractivity (Wildman–Crippen MR) is 151 cm³/mol. The maximum atomic E-state index is 13.0. The van der Waals surface area contributed by atoms with E-state index in [1.165, 1.54) is 12.1 Å². The summed E-state index contributed by atoms with van der Waals surface area (Å²) in [6.45, 7) is 1.51. The van der Waals surface area contributed by atoms with Crippen molar-refractivity contribution in [1.29, 1.82) is 0 Å². The van der Waals surface area contributed by atoms with Gasteiger partial charge in [0.2, 0.25) is 12.7 Å². The van der Waals surface area contributed by atoms with E-state index in [1.54, 1.807) is 18.0 Å². The van der Waals surface area contributed by atoms with Crippen molar-refractivity contribution >= 4 is 22.9 Å². The zero-order chi connectivity index (χ0) is 29.1. The Kier molecular flexibility index (Phi) is 7.43. The minimum absolute atomic E-state index is 0.195. The molecule has 0 saturated carbocycles. The van der Waals surface area contributed by atoms with Crippen LogP contribution in [-0.2, 0) is 25.7 Å². The highest BCUT2D eigenvalue weighted by Crippen LogP contribution is 2.33. The van der Waals surface area contributed by atoms with Gasteiger partial charge < -0.3 is 29.4 Å². The Hall–Kier alpha value is -5.00. The van der Waals surface area contributed by atoms with Gasteiger partial charge in [-0.3, -0.25) is 0 Å². The molecule has 3 aromatic carbocycles. The number of anilines is 2. The summed E-state index contributed by atoms with van der Waals surface area (Å²) in [5.41, 5.74) is 3.18. The fourth-order valence-electron chi connectivity index (χ4n) is 4.61. The topological polar surface area (TPSA) is 95.3 Å². The molecule has 12 heteroatoms. The van der Waals surface area contributed by atoms with E-state index in [-0.39, 0.29) is 6.79 Å². The van der Waals surface area contributed by atoms with Crippen molar-refractivity contribution in [2.75, 3.05) is 31.1 Å². The molecule has 0 fully saturated rings. The van der Waals surface area contributed by atoms with Gasteiger partial charge in [-0.05, 0) is 59.5 Å². The Balaban J connectivity index is 1.24. The van der Waals surface area contributed by atoms with Gasteiger partial charge in [-0.15, -0.1) is 0 Å². The minimum atomic E-state index is -4.39. The lowest BCUT2D eigenvalue weighted by atomic mass is 10.1. The van der Waals surface area contributed by atoms with Crippen LogP contribution in [0.15, 0.2) is 73.1 Å². The maximum Gasteiger partial charge on any atom is 0.416 e. The second-order valence-corrected chi connectivity index (χ2v) is 9.70. The first-order valence-electron chi connectivity index (χ1n) is 13.2. The molecule has 0 spiro atoms. The number of imidazole rings is 1. The van der Waals surface area contributed by atoms with Crippen molar-refractivity contribution in [3.63, 3.8) is 0 Å². The molecule has 0 radical (unpaired) electrons. The molecule has 216 valence electrons. The van der Waals surface area contributed by atoms with E-state index in [1.807, 2.05) is 42.5 Å². The SMILES string of the molecule is COc1ccc(CCNc2nc(NCc3ccc4c(c3)OCO4)nc3c2ncn3Cc2ccc(C(F)(F)F)cc2)cc1. The van der Waals surface area contributed by atoms with Gasteiger partial charge in [-0.25, -0.2) is 4.98 Å². The Bertz CT molecular complexity index is 1690. The zero-order valence-corrected chi connectivity index (χ0v) is 22.6. The molecule has 42 heavy (non-hydrogen) atoms. The van der Waals surface area contributed by atoms with Crippen LogP contribution in [0.2, 0.25) is 0 Å². The van der Waals surface area contributed by atoms with Crippen LogP contribution in [0.25, 0.3) is 11.2 Å². The molecule has 0 amide bonds. The lowest BCUT2D eigenvalue weighted by Crippen LogP contribution is -2.11. The normalized spacial score (nSPS) is 12.5. The van der Waals surface area contributed by atoms with Crippen LogP contribution >= 0.6 is 0 Å². The zero-order valence-electron chi connectivity index (χ0n) is 22.6. The number of methoxy groups -OCH3 is 1. The van der Waals surface area contributed by atoms with E-state index in [2.05, 4.69) is 15.6 Å². The van der Waals surface area contributed by atoms with Gasteiger partial charge in [0, 0.05) is 13.1 Å². The molecule has 1 aliphatic rings. The Morgan fingerprint density at radius 3 is 2.38 bits per heavy atom. The molecule has 3 heterocycles. The van der Waals surface area contributed by atoms with Gasteiger partial charge in [0.15, 0.2) is 28.5 Å². The number of hydrogen-bond donors (Lipinski definition) is 2. The fourth-order valence-corrected chi connectivity index (χ4v) is 4.61. The van der Waals surface area contributed by atoms with Gasteiger partial charge in [0.05, 0.1) is 25.5 Å². The standard InChI is InChI=1S/C30H27F3N6O3/c1-40-23-9-4-19(5-10-23)12-13-34-27-26-28(39(17-36-26)16-20-2-7-22(8-3-20)30(31,32)33)38-29(37-27)35-15-21-6-11-24-25(14-21)42-18-41-24/h2-11,14,17H,12-13,15-16,18H2,1H3,(H2,34,35,37,38). The van der Waals surface area contributed by atoms with Crippen LogP contribution < -0.4 is 24.8 Å². The summed E-state index contributed by atoms with van der Waals surface area (Å²) in [5, 5.41) is 6.65. The van der Waals surface area contributed by atoms with Gasteiger partial charge in [0.25, 0.3) is 0 Å². The molecule has 0 unspecified atom stereocenters. The Morgan fingerprint density at radius 1 is 0.881 bits per heavy atom. The Morgan fingerprint density at radius 2 is 1.62 bits per heavy atom. The number of hydrogen-bond acceptors (Lipinski definition) is 8. The molecule has 0 atom stereocenters. The van der Waals surface area contributed by atoms with Crippen molar-refractivity contribution in [3.05, 3.63) is 95.3 Å². The first-order chi connectivity index (χ1) is 20.4. The van der Waals surface area contributed by atoms with Crippen molar-refractivity contribution in [1.82, 2.24) is 19.5 Å². The number of alkyl halides is 3. The number of ether oxygens (including phenoxy) is 3. The second kappa shape index (κ2) is 11.5. The number of aromatic nitrogens is 4.